The molecule has 0 unspecified atom stereocenters. The maximum Gasteiger partial charge on any atom is 0.262 e. The Kier molecular flexibility index (Phi) is 4.87. The Morgan fingerprint density at radius 2 is 2.05 bits per heavy atom. The van der Waals surface area contributed by atoms with Crippen LogP contribution >= 0.6 is 27.5 Å². The highest BCUT2D eigenvalue weighted by Crippen LogP contribution is 2.25. The number of ether oxygens (including phenoxy) is 1. The number of benzene rings is 2. The van der Waals surface area contributed by atoms with E-state index in [-0.39, 0.29) is 12.5 Å². The van der Waals surface area contributed by atoms with Crippen LogP contribution in [0, 0.1) is 0 Å². The molecule has 0 atom stereocenters. The minimum absolute atomic E-state index is 0.108. The first-order chi connectivity index (χ1) is 9.56. The first-order valence-corrected chi connectivity index (χ1v) is 6.95. The molecule has 0 saturated heterocycles. The molecule has 20 heavy (non-hydrogen) atoms. The van der Waals surface area contributed by atoms with Crippen molar-refractivity contribution in [3.63, 3.8) is 0 Å². The molecule has 1 amide bonds. The molecule has 0 radical (unpaired) electrons. The van der Waals surface area contributed by atoms with Gasteiger partial charge in [-0.3, -0.25) is 4.79 Å². The Bertz CT molecular complexity index is 634. The van der Waals surface area contributed by atoms with Gasteiger partial charge < -0.3 is 15.8 Å². The highest BCUT2D eigenvalue weighted by molar-refractivity contribution is 9.10. The van der Waals surface area contributed by atoms with Crippen molar-refractivity contribution in [2.75, 3.05) is 17.7 Å². The van der Waals surface area contributed by atoms with Crippen molar-refractivity contribution in [2.45, 2.75) is 0 Å². The van der Waals surface area contributed by atoms with E-state index in [1.807, 2.05) is 18.2 Å². The fourth-order valence-electron chi connectivity index (χ4n) is 1.52. The van der Waals surface area contributed by atoms with Crippen molar-refractivity contribution in [3.05, 3.63) is 52.0 Å². The Labute approximate surface area is 130 Å². The van der Waals surface area contributed by atoms with Gasteiger partial charge in [0.1, 0.15) is 5.75 Å². The van der Waals surface area contributed by atoms with Gasteiger partial charge in [0.25, 0.3) is 5.91 Å². The standard InChI is InChI=1S/C14H12BrClN2O2/c15-10-3-1-2-4-13(10)20-8-14(19)18-12-6-5-9(17)7-11(12)16/h1-7H,8,17H2,(H,18,19). The minimum atomic E-state index is -0.299. The predicted octanol–water partition coefficient (Wildman–Crippen LogP) is 3.70. The van der Waals surface area contributed by atoms with Crippen molar-refractivity contribution in [2.24, 2.45) is 0 Å². The summed E-state index contributed by atoms with van der Waals surface area (Å²) in [4.78, 5) is 11.8. The number of amides is 1. The van der Waals surface area contributed by atoms with E-state index in [2.05, 4.69) is 21.2 Å². The zero-order valence-corrected chi connectivity index (χ0v) is 12.7. The van der Waals surface area contributed by atoms with Crippen LogP contribution < -0.4 is 15.8 Å². The van der Waals surface area contributed by atoms with Gasteiger partial charge in [-0.15, -0.1) is 0 Å². The molecular weight excluding hydrogens is 344 g/mol. The van der Waals surface area contributed by atoms with Gasteiger partial charge in [-0.05, 0) is 46.3 Å². The van der Waals surface area contributed by atoms with Crippen LogP contribution in [0.5, 0.6) is 5.75 Å². The number of nitrogens with one attached hydrogen (secondary N) is 1. The molecule has 2 rings (SSSR count). The van der Waals surface area contributed by atoms with Crippen LogP contribution in [-0.2, 0) is 4.79 Å². The van der Waals surface area contributed by atoms with Gasteiger partial charge in [-0.2, -0.15) is 0 Å². The number of hydrogen-bond donors (Lipinski definition) is 2. The summed E-state index contributed by atoms with van der Waals surface area (Å²) in [5.74, 6) is 0.304. The summed E-state index contributed by atoms with van der Waals surface area (Å²) < 4.78 is 6.20. The number of nitrogen functional groups attached to an aromatic ring is 1. The first-order valence-electron chi connectivity index (χ1n) is 5.78. The lowest BCUT2D eigenvalue weighted by Gasteiger charge is -2.10. The number of halogens is 2. The van der Waals surface area contributed by atoms with Crippen LogP contribution in [0.2, 0.25) is 5.02 Å². The van der Waals surface area contributed by atoms with Crippen LogP contribution in [0.4, 0.5) is 11.4 Å². The van der Waals surface area contributed by atoms with Gasteiger partial charge in [-0.1, -0.05) is 23.7 Å². The predicted molar refractivity (Wildman–Crippen MR) is 84.1 cm³/mol. The van der Waals surface area contributed by atoms with Gasteiger partial charge in [0.05, 0.1) is 15.2 Å². The van der Waals surface area contributed by atoms with Crippen LogP contribution in [0.15, 0.2) is 46.9 Å². The van der Waals surface area contributed by atoms with Crippen LogP contribution in [0.1, 0.15) is 0 Å². The summed E-state index contributed by atoms with van der Waals surface area (Å²) in [6.45, 7) is -0.108. The van der Waals surface area contributed by atoms with Gasteiger partial charge in [0.15, 0.2) is 6.61 Å². The first kappa shape index (κ1) is 14.7. The summed E-state index contributed by atoms with van der Waals surface area (Å²) in [6.07, 6.45) is 0. The molecule has 0 fully saturated rings. The second-order valence-corrected chi connectivity index (χ2v) is 5.27. The molecule has 0 aromatic heterocycles. The zero-order valence-electron chi connectivity index (χ0n) is 10.4. The third kappa shape index (κ3) is 3.88. The molecule has 0 aliphatic carbocycles. The third-order valence-corrected chi connectivity index (χ3v) is 3.43. The summed E-state index contributed by atoms with van der Waals surface area (Å²) in [5.41, 5.74) is 6.62. The number of hydrogen-bond acceptors (Lipinski definition) is 3. The largest absolute Gasteiger partial charge is 0.483 e. The Morgan fingerprint density at radius 1 is 1.30 bits per heavy atom. The Morgan fingerprint density at radius 3 is 2.75 bits per heavy atom. The molecule has 0 heterocycles. The molecule has 0 bridgehead atoms. The molecule has 2 aromatic carbocycles. The lowest BCUT2D eigenvalue weighted by molar-refractivity contribution is -0.118. The molecule has 2 aromatic rings. The van der Waals surface area contributed by atoms with E-state index < -0.39 is 0 Å². The van der Waals surface area contributed by atoms with Crippen molar-refractivity contribution < 1.29 is 9.53 Å². The number of nitrogens with two attached hydrogens (primary N) is 1. The second-order valence-electron chi connectivity index (χ2n) is 4.01. The molecule has 0 aliphatic rings. The summed E-state index contributed by atoms with van der Waals surface area (Å²) in [7, 11) is 0. The monoisotopic (exact) mass is 354 g/mol. The second kappa shape index (κ2) is 6.63. The summed E-state index contributed by atoms with van der Waals surface area (Å²) in [6, 6.07) is 12.2. The maximum atomic E-state index is 11.8. The number of carbonyl (C=O) groups excluding carboxylic acids is 1. The summed E-state index contributed by atoms with van der Waals surface area (Å²) >= 11 is 9.31. The van der Waals surface area contributed by atoms with E-state index in [9.17, 15) is 4.79 Å². The molecule has 3 N–H and O–H groups in total. The molecule has 0 aliphatic heterocycles. The minimum Gasteiger partial charge on any atom is -0.483 e. The van der Waals surface area contributed by atoms with Crippen LogP contribution in [-0.4, -0.2) is 12.5 Å². The number of rotatable bonds is 4. The van der Waals surface area contributed by atoms with E-state index in [4.69, 9.17) is 22.1 Å². The maximum absolute atomic E-state index is 11.8. The lowest BCUT2D eigenvalue weighted by atomic mass is 10.3. The van der Waals surface area contributed by atoms with Crippen LogP contribution in [0.3, 0.4) is 0 Å². The van der Waals surface area contributed by atoms with Crippen molar-refractivity contribution in [1.82, 2.24) is 0 Å². The average Bonchev–Trinajstić information content (AvgIpc) is 2.41. The van der Waals surface area contributed by atoms with Gasteiger partial charge in [0, 0.05) is 5.69 Å². The number of anilines is 2. The van der Waals surface area contributed by atoms with E-state index in [1.54, 1.807) is 24.3 Å². The highest BCUT2D eigenvalue weighted by atomic mass is 79.9. The fourth-order valence-corrected chi connectivity index (χ4v) is 2.16. The van der Waals surface area contributed by atoms with E-state index in [0.29, 0.717) is 22.1 Å². The van der Waals surface area contributed by atoms with E-state index in [1.165, 1.54) is 0 Å². The average molecular weight is 356 g/mol. The molecule has 6 heteroatoms. The van der Waals surface area contributed by atoms with Gasteiger partial charge in [0.2, 0.25) is 0 Å². The molecule has 0 spiro atoms. The van der Waals surface area contributed by atoms with E-state index >= 15 is 0 Å². The van der Waals surface area contributed by atoms with Crippen molar-refractivity contribution in [1.29, 1.82) is 0 Å². The smallest absolute Gasteiger partial charge is 0.262 e. The highest BCUT2D eigenvalue weighted by Gasteiger charge is 2.08. The quantitative estimate of drug-likeness (QED) is 0.822. The topological polar surface area (TPSA) is 64.3 Å². The fraction of sp³-hybridized carbons (Fsp3) is 0.0714. The number of carbonyl (C=O) groups is 1. The Balaban J connectivity index is 1.94. The van der Waals surface area contributed by atoms with Crippen LogP contribution in [0.25, 0.3) is 0 Å². The normalized spacial score (nSPS) is 10.1. The molecule has 4 nitrogen and oxygen atoms in total. The summed E-state index contributed by atoms with van der Waals surface area (Å²) in [5, 5.41) is 3.05. The molecule has 104 valence electrons. The molecular formula is C14H12BrClN2O2. The number of para-hydroxylation sites is 1. The SMILES string of the molecule is Nc1ccc(NC(=O)COc2ccccc2Br)c(Cl)c1. The van der Waals surface area contributed by atoms with Gasteiger partial charge in [-0.25, -0.2) is 0 Å². The van der Waals surface area contributed by atoms with Gasteiger partial charge >= 0.3 is 0 Å². The Hall–Kier alpha value is -1.72. The molecule has 0 saturated carbocycles. The zero-order chi connectivity index (χ0) is 14.5. The van der Waals surface area contributed by atoms with Crippen molar-refractivity contribution in [3.8, 4) is 5.75 Å². The lowest BCUT2D eigenvalue weighted by Crippen LogP contribution is -2.20. The van der Waals surface area contributed by atoms with E-state index in [0.717, 1.165) is 4.47 Å². The third-order valence-electron chi connectivity index (χ3n) is 2.46. The van der Waals surface area contributed by atoms with Crippen molar-refractivity contribution >= 4 is 44.8 Å².